The number of ketones is 1. The van der Waals surface area contributed by atoms with Crippen LogP contribution >= 0.6 is 0 Å². The van der Waals surface area contributed by atoms with Gasteiger partial charge in [0.2, 0.25) is 0 Å². The molecule has 3 heteroatoms. The molecule has 0 aliphatic heterocycles. The van der Waals surface area contributed by atoms with Crippen LogP contribution < -0.4 is 5.73 Å². The molecule has 1 fully saturated rings. The number of carbonyl (C=O) groups excluding carboxylic acids is 1. The molecule has 0 bridgehead atoms. The molecule has 1 aliphatic rings. The van der Waals surface area contributed by atoms with Gasteiger partial charge in [0.05, 0.1) is 0 Å². The van der Waals surface area contributed by atoms with Gasteiger partial charge in [-0.05, 0) is 18.9 Å². The Balaban J connectivity index is 2.30. The van der Waals surface area contributed by atoms with Gasteiger partial charge in [-0.1, -0.05) is 18.2 Å². The summed E-state index contributed by atoms with van der Waals surface area (Å²) in [5, 5.41) is 0. The molecule has 0 radical (unpaired) electrons. The maximum Gasteiger partial charge on any atom is 0.133 e. The van der Waals surface area contributed by atoms with Crippen molar-refractivity contribution < 1.29 is 9.18 Å². The van der Waals surface area contributed by atoms with E-state index in [9.17, 15) is 9.18 Å². The van der Waals surface area contributed by atoms with Crippen molar-refractivity contribution in [3.63, 3.8) is 0 Å². The van der Waals surface area contributed by atoms with Gasteiger partial charge in [-0.15, -0.1) is 0 Å². The maximum absolute atomic E-state index is 13.6. The van der Waals surface area contributed by atoms with E-state index in [1.807, 2.05) is 0 Å². The number of hydrogen-bond acceptors (Lipinski definition) is 2. The van der Waals surface area contributed by atoms with Crippen LogP contribution in [0.5, 0.6) is 0 Å². The van der Waals surface area contributed by atoms with Crippen LogP contribution in [0, 0.1) is 5.82 Å². The monoisotopic (exact) mass is 207 g/mol. The number of nitrogens with two attached hydrogens (primary N) is 1. The zero-order valence-electron chi connectivity index (χ0n) is 8.50. The van der Waals surface area contributed by atoms with Gasteiger partial charge in [0, 0.05) is 23.9 Å². The van der Waals surface area contributed by atoms with Gasteiger partial charge >= 0.3 is 0 Å². The summed E-state index contributed by atoms with van der Waals surface area (Å²) < 4.78 is 13.6. The molecular formula is C12H14FNO. The zero-order valence-corrected chi connectivity index (χ0v) is 8.50. The van der Waals surface area contributed by atoms with Gasteiger partial charge < -0.3 is 5.73 Å². The Bertz CT molecular complexity index is 379. The summed E-state index contributed by atoms with van der Waals surface area (Å²) in [7, 11) is 0. The lowest BCUT2D eigenvalue weighted by molar-refractivity contribution is -0.121. The number of Topliss-reactive ketones (excluding diaryl/α,β-unsaturated/α-hetero) is 1. The molecule has 1 aliphatic carbocycles. The van der Waals surface area contributed by atoms with Crippen molar-refractivity contribution in [3.05, 3.63) is 35.6 Å². The van der Waals surface area contributed by atoms with E-state index >= 15 is 0 Å². The average molecular weight is 207 g/mol. The minimum atomic E-state index is -0.654. The Morgan fingerprint density at radius 1 is 1.20 bits per heavy atom. The van der Waals surface area contributed by atoms with E-state index in [-0.39, 0.29) is 11.6 Å². The Labute approximate surface area is 88.3 Å². The van der Waals surface area contributed by atoms with E-state index in [2.05, 4.69) is 0 Å². The van der Waals surface area contributed by atoms with Crippen molar-refractivity contribution >= 4 is 5.78 Å². The summed E-state index contributed by atoms with van der Waals surface area (Å²) in [5.74, 6) is -0.0400. The average Bonchev–Trinajstić information content (AvgIpc) is 2.23. The van der Waals surface area contributed by atoms with Gasteiger partial charge in [-0.2, -0.15) is 0 Å². The minimum absolute atomic E-state index is 0.229. The zero-order chi connectivity index (χ0) is 10.9. The fraction of sp³-hybridized carbons (Fsp3) is 0.417. The van der Waals surface area contributed by atoms with Crippen LogP contribution in [0.1, 0.15) is 31.2 Å². The highest BCUT2D eigenvalue weighted by atomic mass is 19.1. The summed E-state index contributed by atoms with van der Waals surface area (Å²) in [6.07, 6.45) is 2.02. The number of halogens is 1. The third kappa shape index (κ3) is 1.92. The van der Waals surface area contributed by atoms with E-state index in [0.29, 0.717) is 31.2 Å². The highest BCUT2D eigenvalue weighted by Gasteiger charge is 2.34. The Kier molecular flexibility index (Phi) is 2.57. The van der Waals surface area contributed by atoms with Gasteiger partial charge in [0.25, 0.3) is 0 Å². The van der Waals surface area contributed by atoms with Crippen molar-refractivity contribution in [1.82, 2.24) is 0 Å². The van der Waals surface area contributed by atoms with Crippen LogP contribution in [0.3, 0.4) is 0 Å². The normalized spacial score (nSPS) is 20.3. The summed E-state index contributed by atoms with van der Waals surface area (Å²) in [6, 6.07) is 6.56. The smallest absolute Gasteiger partial charge is 0.133 e. The molecule has 1 saturated carbocycles. The molecule has 0 unspecified atom stereocenters. The predicted molar refractivity (Wildman–Crippen MR) is 55.7 cm³/mol. The van der Waals surface area contributed by atoms with Crippen molar-refractivity contribution in [1.29, 1.82) is 0 Å². The largest absolute Gasteiger partial charge is 0.321 e. The second-order valence-electron chi connectivity index (χ2n) is 4.17. The quantitative estimate of drug-likeness (QED) is 0.766. The first kappa shape index (κ1) is 10.3. The number of hydrogen-bond donors (Lipinski definition) is 1. The van der Waals surface area contributed by atoms with Crippen LogP contribution in [0.25, 0.3) is 0 Å². The predicted octanol–water partition coefficient (Wildman–Crippen LogP) is 2.12. The highest BCUT2D eigenvalue weighted by Crippen LogP contribution is 2.34. The third-order valence-corrected chi connectivity index (χ3v) is 3.11. The number of rotatable bonds is 1. The number of benzene rings is 1. The van der Waals surface area contributed by atoms with E-state index in [0.717, 1.165) is 0 Å². The topological polar surface area (TPSA) is 43.1 Å². The molecule has 0 amide bonds. The third-order valence-electron chi connectivity index (χ3n) is 3.11. The lowest BCUT2D eigenvalue weighted by atomic mass is 9.77. The molecule has 0 spiro atoms. The molecule has 2 N–H and O–H groups in total. The summed E-state index contributed by atoms with van der Waals surface area (Å²) in [6.45, 7) is 0. The van der Waals surface area contributed by atoms with Crippen LogP contribution in [-0.4, -0.2) is 5.78 Å². The first-order chi connectivity index (χ1) is 7.12. The van der Waals surface area contributed by atoms with Crippen LogP contribution in [0.15, 0.2) is 24.3 Å². The van der Waals surface area contributed by atoms with Gasteiger partial charge in [-0.3, -0.25) is 4.79 Å². The lowest BCUT2D eigenvalue weighted by Gasteiger charge is -2.33. The Morgan fingerprint density at radius 3 is 2.40 bits per heavy atom. The van der Waals surface area contributed by atoms with Gasteiger partial charge in [0.15, 0.2) is 0 Å². The highest BCUT2D eigenvalue weighted by molar-refractivity contribution is 5.79. The fourth-order valence-electron chi connectivity index (χ4n) is 2.11. The molecule has 0 saturated heterocycles. The van der Waals surface area contributed by atoms with Crippen molar-refractivity contribution in [2.45, 2.75) is 31.2 Å². The Hall–Kier alpha value is -1.22. The van der Waals surface area contributed by atoms with Crippen LogP contribution in [-0.2, 0) is 10.3 Å². The Morgan fingerprint density at radius 2 is 1.80 bits per heavy atom. The summed E-state index contributed by atoms with van der Waals surface area (Å²) in [5.41, 5.74) is 6.04. The van der Waals surface area contributed by atoms with Crippen molar-refractivity contribution in [2.24, 2.45) is 5.73 Å². The van der Waals surface area contributed by atoms with E-state index in [4.69, 9.17) is 5.73 Å². The second kappa shape index (κ2) is 3.74. The van der Waals surface area contributed by atoms with Crippen LogP contribution in [0.4, 0.5) is 4.39 Å². The number of carbonyl (C=O) groups is 1. The molecule has 15 heavy (non-hydrogen) atoms. The van der Waals surface area contributed by atoms with E-state index in [1.54, 1.807) is 18.2 Å². The molecule has 1 aromatic carbocycles. The van der Waals surface area contributed by atoms with E-state index in [1.165, 1.54) is 6.07 Å². The molecule has 80 valence electrons. The van der Waals surface area contributed by atoms with E-state index < -0.39 is 5.54 Å². The van der Waals surface area contributed by atoms with Gasteiger partial charge in [-0.25, -0.2) is 4.39 Å². The van der Waals surface area contributed by atoms with Gasteiger partial charge in [0.1, 0.15) is 11.6 Å². The molecule has 0 aromatic heterocycles. The summed E-state index contributed by atoms with van der Waals surface area (Å²) in [4.78, 5) is 11.1. The SMILES string of the molecule is NC1(c2ccccc2F)CCC(=O)CC1. The molecule has 1 aromatic rings. The maximum atomic E-state index is 13.6. The van der Waals surface area contributed by atoms with Crippen molar-refractivity contribution in [3.8, 4) is 0 Å². The standard InChI is InChI=1S/C12H14FNO/c13-11-4-2-1-3-10(11)12(14)7-5-9(15)6-8-12/h1-4H,5-8,14H2. The first-order valence-corrected chi connectivity index (χ1v) is 5.17. The molecular weight excluding hydrogens is 193 g/mol. The molecule has 0 heterocycles. The second-order valence-corrected chi connectivity index (χ2v) is 4.17. The lowest BCUT2D eigenvalue weighted by Crippen LogP contribution is -2.41. The van der Waals surface area contributed by atoms with Crippen LogP contribution in [0.2, 0.25) is 0 Å². The molecule has 0 atom stereocenters. The molecule has 2 rings (SSSR count). The summed E-state index contributed by atoms with van der Waals surface area (Å²) >= 11 is 0. The minimum Gasteiger partial charge on any atom is -0.321 e. The fourth-order valence-corrected chi connectivity index (χ4v) is 2.11. The first-order valence-electron chi connectivity index (χ1n) is 5.17. The molecule has 2 nitrogen and oxygen atoms in total. The van der Waals surface area contributed by atoms with Crippen molar-refractivity contribution in [2.75, 3.05) is 0 Å².